The van der Waals surface area contributed by atoms with E-state index < -0.39 is 17.1 Å². The minimum atomic E-state index is -1.53. The fraction of sp³-hybridized carbons (Fsp3) is 0.472. The molecule has 2 aliphatic heterocycles. The van der Waals surface area contributed by atoms with E-state index in [9.17, 15) is 14.1 Å². The summed E-state index contributed by atoms with van der Waals surface area (Å²) in [6, 6.07) is 11.8. The average Bonchev–Trinajstić information content (AvgIpc) is 3.20. The Hall–Kier alpha value is -3.27. The highest BCUT2D eigenvalue weighted by atomic mass is 35.5. The summed E-state index contributed by atoms with van der Waals surface area (Å²) < 4.78 is 22.3. The number of aliphatic hydroxyl groups excluding tert-OH is 1. The number of nitrogens with one attached hydrogen (secondary N) is 1. The van der Waals surface area contributed by atoms with Gasteiger partial charge in [0.1, 0.15) is 16.7 Å². The molecule has 2 N–H and O–H groups in total. The molecule has 2 bridgehead atoms. The molecule has 4 aliphatic rings. The van der Waals surface area contributed by atoms with Gasteiger partial charge in [0, 0.05) is 53.9 Å². The molecule has 7 atom stereocenters. The number of amides is 1. The van der Waals surface area contributed by atoms with E-state index in [1.54, 1.807) is 30.9 Å². The Morgan fingerprint density at radius 2 is 1.87 bits per heavy atom. The zero-order valence-corrected chi connectivity index (χ0v) is 28.1. The van der Waals surface area contributed by atoms with Crippen molar-refractivity contribution in [2.24, 2.45) is 17.8 Å². The summed E-state index contributed by atoms with van der Waals surface area (Å²) in [5, 5.41) is 11.6. The number of anilines is 1. The van der Waals surface area contributed by atoms with E-state index in [-0.39, 0.29) is 28.4 Å². The van der Waals surface area contributed by atoms with Gasteiger partial charge in [-0.2, -0.15) is 0 Å². The maximum Gasteiger partial charge on any atom is 0.263 e. The van der Waals surface area contributed by atoms with Gasteiger partial charge in [0.05, 0.1) is 23.6 Å². The molecule has 2 aromatic carbocycles. The number of fused-ring (bicyclic) bond motifs is 4. The molecule has 0 saturated heterocycles. The highest BCUT2D eigenvalue weighted by molar-refractivity contribution is 7.84. The monoisotopic (exact) mass is 662 g/mol. The first kappa shape index (κ1) is 32.7. The van der Waals surface area contributed by atoms with Crippen LogP contribution in [0.15, 0.2) is 73.3 Å². The van der Waals surface area contributed by atoms with Crippen LogP contribution in [0.1, 0.15) is 67.4 Å². The van der Waals surface area contributed by atoms with Crippen molar-refractivity contribution in [3.8, 4) is 5.75 Å². The minimum absolute atomic E-state index is 0.0926. The lowest BCUT2D eigenvalue weighted by atomic mass is 9.68. The van der Waals surface area contributed by atoms with Crippen LogP contribution < -0.4 is 14.4 Å². The van der Waals surface area contributed by atoms with Crippen molar-refractivity contribution in [1.29, 1.82) is 0 Å². The Kier molecular flexibility index (Phi) is 10.1. The van der Waals surface area contributed by atoms with Crippen molar-refractivity contribution in [2.75, 3.05) is 24.6 Å². The molecule has 3 aromatic rings. The normalized spacial score (nSPS) is 31.4. The van der Waals surface area contributed by atoms with Crippen molar-refractivity contribution in [1.82, 2.24) is 14.7 Å². The van der Waals surface area contributed by atoms with Gasteiger partial charge in [-0.3, -0.25) is 19.5 Å². The molecule has 1 spiro atoms. The number of halogens is 1. The van der Waals surface area contributed by atoms with Crippen LogP contribution in [0.2, 0.25) is 5.02 Å². The van der Waals surface area contributed by atoms with Crippen LogP contribution in [0.4, 0.5) is 5.69 Å². The predicted octanol–water partition coefficient (Wildman–Crippen LogP) is 6.05. The maximum atomic E-state index is 13.3. The lowest BCUT2D eigenvalue weighted by Gasteiger charge is -2.45. The van der Waals surface area contributed by atoms with Gasteiger partial charge in [0.15, 0.2) is 0 Å². The molecule has 244 valence electrons. The van der Waals surface area contributed by atoms with Crippen molar-refractivity contribution < 1.29 is 18.8 Å². The topological polar surface area (TPSA) is 105 Å². The largest absolute Gasteiger partial charge is 0.490 e. The van der Waals surface area contributed by atoms with Gasteiger partial charge in [-0.25, -0.2) is 4.21 Å². The molecule has 46 heavy (non-hydrogen) atoms. The van der Waals surface area contributed by atoms with Crippen LogP contribution in [-0.4, -0.2) is 56.2 Å². The molecular weight excluding hydrogens is 620 g/mol. The van der Waals surface area contributed by atoms with Crippen LogP contribution in [0.5, 0.6) is 5.75 Å². The van der Waals surface area contributed by atoms with Crippen LogP contribution in [-0.2, 0) is 22.8 Å². The van der Waals surface area contributed by atoms with E-state index in [4.69, 9.17) is 16.3 Å². The maximum absolute atomic E-state index is 13.3. The second-order valence-corrected chi connectivity index (χ2v) is 15.2. The third-order valence-electron chi connectivity index (χ3n) is 10.3. The first-order valence-electron chi connectivity index (χ1n) is 16.3. The number of aryl methyl sites for hydroxylation is 1. The zero-order valence-electron chi connectivity index (χ0n) is 26.5. The first-order chi connectivity index (χ1) is 22.2. The Bertz CT molecular complexity index is 1560. The lowest BCUT2D eigenvalue weighted by molar-refractivity contribution is 0.0456. The lowest BCUT2D eigenvalue weighted by Crippen LogP contribution is -2.49. The quantitative estimate of drug-likeness (QED) is 0.282. The summed E-state index contributed by atoms with van der Waals surface area (Å²) in [5.74, 6) is 1.05. The van der Waals surface area contributed by atoms with Crippen molar-refractivity contribution in [3.63, 3.8) is 0 Å². The number of allylic oxidation sites excluding steroid dienone is 1. The number of rotatable bonds is 0. The molecule has 3 heterocycles. The second-order valence-electron chi connectivity index (χ2n) is 13.2. The fourth-order valence-electron chi connectivity index (χ4n) is 7.28. The van der Waals surface area contributed by atoms with Crippen LogP contribution in [0.25, 0.3) is 0 Å². The fourth-order valence-corrected chi connectivity index (χ4v) is 8.50. The van der Waals surface area contributed by atoms with Crippen LogP contribution in [0.3, 0.4) is 0 Å². The Morgan fingerprint density at radius 1 is 1.09 bits per heavy atom. The van der Waals surface area contributed by atoms with Crippen molar-refractivity contribution >= 4 is 34.2 Å². The summed E-state index contributed by atoms with van der Waals surface area (Å²) in [6.45, 7) is 6.02. The van der Waals surface area contributed by atoms with Gasteiger partial charge < -0.3 is 14.7 Å². The number of benzene rings is 2. The number of aromatic nitrogens is 2. The number of aliphatic hydroxyl groups is 1. The molecular formula is C36H43ClN4O4S. The van der Waals surface area contributed by atoms with Gasteiger partial charge in [-0.1, -0.05) is 36.7 Å². The van der Waals surface area contributed by atoms with Crippen LogP contribution >= 0.6 is 11.6 Å². The van der Waals surface area contributed by atoms with E-state index in [1.165, 1.54) is 11.1 Å². The van der Waals surface area contributed by atoms with E-state index in [2.05, 4.69) is 31.7 Å². The smallest absolute Gasteiger partial charge is 0.263 e. The Balaban J connectivity index is 0.000000557. The molecule has 1 amide bonds. The SMILES string of the molecule is CC1C/C=C/C(O)C2CCC2CN2C[C@@]3(CCCc4cc(Cl)ccc43)COc3ccc(cc32)C(=O)NS(=O)C1C.c1cnccn1. The highest BCUT2D eigenvalue weighted by Gasteiger charge is 2.44. The van der Waals surface area contributed by atoms with Gasteiger partial charge >= 0.3 is 0 Å². The summed E-state index contributed by atoms with van der Waals surface area (Å²) in [5.41, 5.74) is 3.75. The molecule has 8 nitrogen and oxygen atoms in total. The number of nitrogens with zero attached hydrogens (tertiary/aromatic N) is 3. The summed E-state index contributed by atoms with van der Waals surface area (Å²) in [4.78, 5) is 23.1. The summed E-state index contributed by atoms with van der Waals surface area (Å²) in [6.07, 6.45) is 15.8. The molecule has 10 heteroatoms. The molecule has 1 saturated carbocycles. The second kappa shape index (κ2) is 14.2. The van der Waals surface area contributed by atoms with Gasteiger partial charge in [-0.05, 0) is 105 Å². The molecule has 2 aliphatic carbocycles. The summed E-state index contributed by atoms with van der Waals surface area (Å²) >= 11 is 6.39. The molecule has 7 rings (SSSR count). The third-order valence-corrected chi connectivity index (χ3v) is 12.1. The number of ether oxygens (including phenoxy) is 1. The molecule has 6 unspecified atom stereocenters. The molecule has 1 aromatic heterocycles. The van der Waals surface area contributed by atoms with Gasteiger partial charge in [0.25, 0.3) is 5.91 Å². The predicted molar refractivity (Wildman–Crippen MR) is 182 cm³/mol. The van der Waals surface area contributed by atoms with Crippen molar-refractivity contribution in [2.45, 2.75) is 69.1 Å². The van der Waals surface area contributed by atoms with E-state index in [0.717, 1.165) is 61.7 Å². The minimum Gasteiger partial charge on any atom is -0.490 e. The van der Waals surface area contributed by atoms with E-state index in [1.807, 2.05) is 44.2 Å². The first-order valence-corrected chi connectivity index (χ1v) is 17.9. The average molecular weight is 663 g/mol. The number of hydrogen-bond donors (Lipinski definition) is 2. The zero-order chi connectivity index (χ0) is 32.3. The summed E-state index contributed by atoms with van der Waals surface area (Å²) in [7, 11) is -1.53. The van der Waals surface area contributed by atoms with Gasteiger partial charge in [0.2, 0.25) is 0 Å². The van der Waals surface area contributed by atoms with E-state index in [0.29, 0.717) is 24.5 Å². The highest BCUT2D eigenvalue weighted by Crippen LogP contribution is 2.46. The number of carbonyl (C=O) groups is 1. The van der Waals surface area contributed by atoms with Gasteiger partial charge in [-0.15, -0.1) is 0 Å². The van der Waals surface area contributed by atoms with Crippen LogP contribution in [0, 0.1) is 17.8 Å². The molecule has 0 radical (unpaired) electrons. The van der Waals surface area contributed by atoms with Crippen molar-refractivity contribution in [3.05, 3.63) is 95.1 Å². The number of carbonyl (C=O) groups excluding carboxylic acids is 1. The van der Waals surface area contributed by atoms with E-state index >= 15 is 0 Å². The molecule has 1 fully saturated rings. The number of hydrogen-bond acceptors (Lipinski definition) is 7. The Labute approximate surface area is 279 Å². The standard InChI is InChI=1S/C32H39ClN2O4S.C4H4N2/c1-20-5-3-7-29(36)26-11-8-24(26)17-35-18-32(14-4-6-22-15-25(33)10-12-27(22)32)19-39-30-13-9-23(16-28(30)35)31(37)34-40(38)21(20)2;1-2-6-4-3-5-1/h3,7,9-10,12-13,15-16,20-21,24,26,29,36H,4-6,8,11,14,17-19H2,1-2H3,(H,34,37);1-4H/b7-3+;/t20?,21?,24?,26?,29?,32-,40?;/m0./s1. The Morgan fingerprint density at radius 3 is 2.59 bits per heavy atom. The third kappa shape index (κ3) is 7.02.